The minimum Gasteiger partial charge on any atom is -0.372 e. The van der Waals surface area contributed by atoms with E-state index in [0.717, 1.165) is 39.3 Å². The highest BCUT2D eigenvalue weighted by Crippen LogP contribution is 2.41. The van der Waals surface area contributed by atoms with Crippen LogP contribution in [0.2, 0.25) is 0 Å². The molecule has 0 bridgehead atoms. The smallest absolute Gasteiger partial charge is 0.0859 e. The van der Waals surface area contributed by atoms with Crippen LogP contribution in [0.4, 0.5) is 5.69 Å². The van der Waals surface area contributed by atoms with Crippen molar-refractivity contribution < 1.29 is 4.74 Å². The molecule has 1 aliphatic carbocycles. The number of rotatable bonds is 3. The average molecular weight is 351 g/mol. The molecule has 0 N–H and O–H groups in total. The third-order valence-electron chi connectivity index (χ3n) is 5.63. The Labute approximate surface area is 157 Å². The Balaban J connectivity index is 1.41. The lowest BCUT2D eigenvalue weighted by molar-refractivity contribution is 0.0237. The zero-order valence-corrected chi connectivity index (χ0v) is 15.6. The Morgan fingerprint density at radius 2 is 1.50 bits per heavy atom. The van der Waals surface area contributed by atoms with Gasteiger partial charge in [0.2, 0.25) is 0 Å². The second-order valence-electron chi connectivity index (χ2n) is 7.76. The van der Waals surface area contributed by atoms with Crippen molar-refractivity contribution in [3.8, 4) is 0 Å². The Kier molecular flexibility index (Phi) is 5.57. The number of para-hydroxylation sites is 1. The molecular formula is C23H30N2O. The van der Waals surface area contributed by atoms with Gasteiger partial charge in [-0.15, -0.1) is 0 Å². The zero-order valence-electron chi connectivity index (χ0n) is 15.6. The lowest BCUT2D eigenvalue weighted by Crippen LogP contribution is -2.37. The van der Waals surface area contributed by atoms with Gasteiger partial charge in [-0.2, -0.15) is 0 Å². The molecule has 2 aromatic rings. The second kappa shape index (κ2) is 8.24. The first kappa shape index (κ1) is 17.6. The van der Waals surface area contributed by atoms with Gasteiger partial charge in [-0.25, -0.2) is 0 Å². The summed E-state index contributed by atoms with van der Waals surface area (Å²) in [5.41, 5.74) is 2.83. The summed E-state index contributed by atoms with van der Waals surface area (Å²) in [6.07, 6.45) is 4.88. The SMILES string of the molecule is c1ccc(CN2CCCCN(c3ccccc3)CC3(CC3)OCC2)cc1. The lowest BCUT2D eigenvalue weighted by atomic mass is 10.2. The maximum Gasteiger partial charge on any atom is 0.0859 e. The Bertz CT molecular complexity index is 669. The Hall–Kier alpha value is -1.84. The predicted octanol–water partition coefficient (Wildman–Crippen LogP) is 4.34. The fraction of sp³-hybridized carbons (Fsp3) is 0.478. The van der Waals surface area contributed by atoms with Crippen molar-refractivity contribution in [2.45, 2.75) is 37.8 Å². The average Bonchev–Trinajstić information content (AvgIpc) is 3.45. The molecule has 0 aromatic heterocycles. The normalized spacial score (nSPS) is 21.3. The van der Waals surface area contributed by atoms with Gasteiger partial charge in [-0.1, -0.05) is 48.5 Å². The molecule has 1 spiro atoms. The van der Waals surface area contributed by atoms with Crippen LogP contribution in [0.5, 0.6) is 0 Å². The molecule has 1 aliphatic heterocycles. The predicted molar refractivity (Wildman–Crippen MR) is 108 cm³/mol. The first-order valence-electron chi connectivity index (χ1n) is 10.0. The molecule has 3 heteroatoms. The van der Waals surface area contributed by atoms with Gasteiger partial charge in [0.25, 0.3) is 0 Å². The molecule has 0 amide bonds. The molecule has 138 valence electrons. The fourth-order valence-electron chi connectivity index (χ4n) is 3.91. The summed E-state index contributed by atoms with van der Waals surface area (Å²) in [4.78, 5) is 5.10. The molecule has 1 saturated carbocycles. The van der Waals surface area contributed by atoms with E-state index in [1.54, 1.807) is 0 Å². The number of ether oxygens (including phenoxy) is 1. The van der Waals surface area contributed by atoms with Gasteiger partial charge in [0.1, 0.15) is 0 Å². The highest BCUT2D eigenvalue weighted by Gasteiger charge is 2.45. The molecule has 2 aliphatic rings. The molecule has 3 nitrogen and oxygen atoms in total. The van der Waals surface area contributed by atoms with Crippen LogP contribution in [0.1, 0.15) is 31.2 Å². The molecule has 0 atom stereocenters. The van der Waals surface area contributed by atoms with E-state index in [0.29, 0.717) is 0 Å². The van der Waals surface area contributed by atoms with Gasteiger partial charge in [-0.05, 0) is 49.9 Å². The van der Waals surface area contributed by atoms with Crippen LogP contribution in [0, 0.1) is 0 Å². The van der Waals surface area contributed by atoms with Crippen LogP contribution in [-0.2, 0) is 11.3 Å². The monoisotopic (exact) mass is 350 g/mol. The minimum absolute atomic E-state index is 0.0958. The summed E-state index contributed by atoms with van der Waals surface area (Å²) in [6.45, 7) is 6.20. The highest BCUT2D eigenvalue weighted by atomic mass is 16.5. The first-order chi connectivity index (χ1) is 12.8. The van der Waals surface area contributed by atoms with Crippen LogP contribution < -0.4 is 4.90 Å². The van der Waals surface area contributed by atoms with E-state index in [9.17, 15) is 0 Å². The van der Waals surface area contributed by atoms with Crippen LogP contribution in [-0.4, -0.2) is 43.3 Å². The molecule has 2 fully saturated rings. The number of nitrogens with zero attached hydrogens (tertiary/aromatic N) is 2. The third kappa shape index (κ3) is 4.66. The van der Waals surface area contributed by atoms with Crippen molar-refractivity contribution in [2.75, 3.05) is 37.7 Å². The van der Waals surface area contributed by atoms with E-state index in [4.69, 9.17) is 4.74 Å². The standard InChI is InChI=1S/C23H30N2O/c1-3-9-21(10-4-1)19-24-15-7-8-16-25(22-11-5-2-6-12-22)20-23(13-14-23)26-18-17-24/h1-6,9-12H,7-8,13-20H2. The summed E-state index contributed by atoms with van der Waals surface area (Å²) in [5, 5.41) is 0. The van der Waals surface area contributed by atoms with Crippen molar-refractivity contribution in [3.05, 3.63) is 66.2 Å². The molecular weight excluding hydrogens is 320 g/mol. The molecule has 1 heterocycles. The minimum atomic E-state index is 0.0958. The summed E-state index contributed by atoms with van der Waals surface area (Å²) in [6, 6.07) is 21.7. The Morgan fingerprint density at radius 3 is 2.23 bits per heavy atom. The van der Waals surface area contributed by atoms with Gasteiger partial charge in [-0.3, -0.25) is 4.90 Å². The van der Waals surface area contributed by atoms with Gasteiger partial charge >= 0.3 is 0 Å². The van der Waals surface area contributed by atoms with Crippen molar-refractivity contribution in [2.24, 2.45) is 0 Å². The molecule has 1 saturated heterocycles. The van der Waals surface area contributed by atoms with Gasteiger partial charge in [0, 0.05) is 31.9 Å². The largest absolute Gasteiger partial charge is 0.372 e. The quantitative estimate of drug-likeness (QED) is 0.819. The summed E-state index contributed by atoms with van der Waals surface area (Å²) >= 11 is 0. The molecule has 0 radical (unpaired) electrons. The number of hydrogen-bond acceptors (Lipinski definition) is 3. The number of hydrogen-bond donors (Lipinski definition) is 0. The second-order valence-corrected chi connectivity index (χ2v) is 7.76. The highest BCUT2D eigenvalue weighted by molar-refractivity contribution is 5.46. The molecule has 0 unspecified atom stereocenters. The fourth-order valence-corrected chi connectivity index (χ4v) is 3.91. The number of benzene rings is 2. The van der Waals surface area contributed by atoms with Crippen molar-refractivity contribution >= 4 is 5.69 Å². The summed E-state index contributed by atoms with van der Waals surface area (Å²) < 4.78 is 6.41. The van der Waals surface area contributed by atoms with Crippen molar-refractivity contribution in [3.63, 3.8) is 0 Å². The Morgan fingerprint density at radius 1 is 0.808 bits per heavy atom. The van der Waals surface area contributed by atoms with Crippen molar-refractivity contribution in [1.82, 2.24) is 4.90 Å². The van der Waals surface area contributed by atoms with Gasteiger partial charge < -0.3 is 9.64 Å². The van der Waals surface area contributed by atoms with Crippen LogP contribution in [0.3, 0.4) is 0 Å². The third-order valence-corrected chi connectivity index (χ3v) is 5.63. The van der Waals surface area contributed by atoms with Crippen LogP contribution >= 0.6 is 0 Å². The van der Waals surface area contributed by atoms with E-state index in [1.807, 2.05) is 0 Å². The van der Waals surface area contributed by atoms with Gasteiger partial charge in [0.15, 0.2) is 0 Å². The zero-order chi connectivity index (χ0) is 17.7. The molecule has 2 aromatic carbocycles. The maximum absolute atomic E-state index is 6.41. The molecule has 26 heavy (non-hydrogen) atoms. The molecule has 4 rings (SSSR count). The van der Waals surface area contributed by atoms with Crippen molar-refractivity contribution in [1.29, 1.82) is 0 Å². The topological polar surface area (TPSA) is 15.7 Å². The first-order valence-corrected chi connectivity index (χ1v) is 10.0. The van der Waals surface area contributed by atoms with E-state index >= 15 is 0 Å². The van der Waals surface area contributed by atoms with Gasteiger partial charge in [0.05, 0.1) is 12.2 Å². The van der Waals surface area contributed by atoms with E-state index < -0.39 is 0 Å². The number of anilines is 1. The van der Waals surface area contributed by atoms with Crippen LogP contribution in [0.15, 0.2) is 60.7 Å². The summed E-state index contributed by atoms with van der Waals surface area (Å²) in [5.74, 6) is 0. The van der Waals surface area contributed by atoms with E-state index in [-0.39, 0.29) is 5.60 Å². The van der Waals surface area contributed by atoms with E-state index in [1.165, 1.54) is 36.9 Å². The maximum atomic E-state index is 6.41. The van der Waals surface area contributed by atoms with Crippen LogP contribution in [0.25, 0.3) is 0 Å². The lowest BCUT2D eigenvalue weighted by Gasteiger charge is -2.29. The van der Waals surface area contributed by atoms with E-state index in [2.05, 4.69) is 70.5 Å². The summed E-state index contributed by atoms with van der Waals surface area (Å²) in [7, 11) is 0.